The summed E-state index contributed by atoms with van der Waals surface area (Å²) in [5.74, 6) is 0.140. The summed E-state index contributed by atoms with van der Waals surface area (Å²) in [4.78, 5) is 3.72. The molecule has 0 aromatic carbocycles. The van der Waals surface area contributed by atoms with E-state index in [4.69, 9.17) is 0 Å². The molecular formula is C7H13N3O2S. The molecule has 0 radical (unpaired) electrons. The summed E-state index contributed by atoms with van der Waals surface area (Å²) >= 11 is 0. The van der Waals surface area contributed by atoms with E-state index in [2.05, 4.69) is 21.6 Å². The van der Waals surface area contributed by atoms with Crippen molar-refractivity contribution in [2.45, 2.75) is 18.1 Å². The average Bonchev–Trinajstić information content (AvgIpc) is 2.81. The van der Waals surface area contributed by atoms with Crippen LogP contribution in [0.5, 0.6) is 0 Å². The molecule has 0 spiro atoms. The zero-order valence-corrected chi connectivity index (χ0v) is 8.26. The Kier molecular flexibility index (Phi) is 2.92. The predicted octanol–water partition coefficient (Wildman–Crippen LogP) is -0.213. The summed E-state index contributed by atoms with van der Waals surface area (Å²) in [5.41, 5.74) is 0. The van der Waals surface area contributed by atoms with Gasteiger partial charge < -0.3 is 5.32 Å². The second-order valence-electron chi connectivity index (χ2n) is 2.84. The fourth-order valence-electron chi connectivity index (χ4n) is 0.795. The number of sulfonamides is 1. The number of aliphatic imine (C=N–C) groups is 1. The van der Waals surface area contributed by atoms with Crippen molar-refractivity contribution in [3.63, 3.8) is 0 Å². The van der Waals surface area contributed by atoms with Crippen molar-refractivity contribution in [3.05, 3.63) is 12.4 Å². The molecule has 1 aliphatic rings. The summed E-state index contributed by atoms with van der Waals surface area (Å²) < 4.78 is 24.9. The Balaban J connectivity index is 2.48. The minimum absolute atomic E-state index is 0.140. The summed E-state index contributed by atoms with van der Waals surface area (Å²) in [6.07, 6.45) is 2.84. The van der Waals surface area contributed by atoms with Crippen LogP contribution < -0.4 is 10.0 Å². The molecule has 1 fully saturated rings. The van der Waals surface area contributed by atoms with E-state index >= 15 is 0 Å². The van der Waals surface area contributed by atoms with Crippen molar-refractivity contribution in [2.75, 3.05) is 7.05 Å². The van der Waals surface area contributed by atoms with Gasteiger partial charge in [0.2, 0.25) is 10.0 Å². The number of rotatable bonds is 5. The van der Waals surface area contributed by atoms with Gasteiger partial charge in [-0.25, -0.2) is 13.4 Å². The third kappa shape index (κ3) is 3.06. The topological polar surface area (TPSA) is 70.6 Å². The second-order valence-corrected chi connectivity index (χ2v) is 4.80. The number of hydrogen-bond donors (Lipinski definition) is 2. The van der Waals surface area contributed by atoms with Gasteiger partial charge in [0, 0.05) is 7.05 Å². The molecule has 0 aliphatic heterocycles. The lowest BCUT2D eigenvalue weighted by atomic mass is 10.9. The van der Waals surface area contributed by atoms with Crippen molar-refractivity contribution < 1.29 is 8.42 Å². The molecule has 6 heteroatoms. The summed E-state index contributed by atoms with van der Waals surface area (Å²) in [6.45, 7) is 3.46. The standard InChI is InChI=1S/C7H13N3O2S/c1-6(9-5-8-2)10-13(11,12)7-3-4-7/h5,7,10H,1,3-4H2,2H3,(H,8,9). The van der Waals surface area contributed by atoms with E-state index in [0.29, 0.717) is 0 Å². The molecule has 1 aliphatic carbocycles. The van der Waals surface area contributed by atoms with Crippen LogP contribution >= 0.6 is 0 Å². The second kappa shape index (κ2) is 3.78. The van der Waals surface area contributed by atoms with Crippen molar-refractivity contribution in [1.82, 2.24) is 10.0 Å². The number of hydrogen-bond acceptors (Lipinski definition) is 3. The minimum atomic E-state index is -3.21. The third-order valence-electron chi connectivity index (χ3n) is 1.57. The van der Waals surface area contributed by atoms with Crippen LogP contribution in [0.2, 0.25) is 0 Å². The molecule has 0 bridgehead atoms. The van der Waals surface area contributed by atoms with Crippen LogP contribution in [0.1, 0.15) is 12.8 Å². The Bertz CT molecular complexity index is 317. The highest BCUT2D eigenvalue weighted by Crippen LogP contribution is 2.27. The Labute approximate surface area is 78.0 Å². The molecule has 0 heterocycles. The lowest BCUT2D eigenvalue weighted by molar-refractivity contribution is 0.587. The van der Waals surface area contributed by atoms with Crippen LogP contribution in [-0.2, 0) is 10.0 Å². The highest BCUT2D eigenvalue weighted by molar-refractivity contribution is 7.90. The van der Waals surface area contributed by atoms with E-state index in [0.717, 1.165) is 12.8 Å². The van der Waals surface area contributed by atoms with Crippen molar-refractivity contribution in [3.8, 4) is 0 Å². The predicted molar refractivity (Wildman–Crippen MR) is 51.8 cm³/mol. The molecule has 0 saturated heterocycles. The number of nitrogens with one attached hydrogen (secondary N) is 2. The maximum absolute atomic E-state index is 11.3. The van der Waals surface area contributed by atoms with Crippen LogP contribution in [0, 0.1) is 0 Å². The first-order valence-corrected chi connectivity index (χ1v) is 5.51. The molecule has 0 aromatic rings. The molecule has 0 unspecified atom stereocenters. The van der Waals surface area contributed by atoms with Crippen LogP contribution in [-0.4, -0.2) is 27.1 Å². The van der Waals surface area contributed by atoms with Crippen LogP contribution in [0.25, 0.3) is 0 Å². The van der Waals surface area contributed by atoms with Crippen LogP contribution in [0.15, 0.2) is 17.4 Å². The molecule has 2 N–H and O–H groups in total. The maximum Gasteiger partial charge on any atom is 0.236 e. The Morgan fingerprint density at radius 2 is 2.23 bits per heavy atom. The van der Waals surface area contributed by atoms with Gasteiger partial charge in [-0.15, -0.1) is 0 Å². The van der Waals surface area contributed by atoms with Crippen LogP contribution in [0.4, 0.5) is 0 Å². The van der Waals surface area contributed by atoms with E-state index in [9.17, 15) is 8.42 Å². The first-order chi connectivity index (χ1) is 6.06. The fraction of sp³-hybridized carbons (Fsp3) is 0.571. The van der Waals surface area contributed by atoms with Gasteiger partial charge in [-0.2, -0.15) is 0 Å². The quantitative estimate of drug-likeness (QED) is 0.479. The Morgan fingerprint density at radius 1 is 1.62 bits per heavy atom. The van der Waals surface area contributed by atoms with Gasteiger partial charge >= 0.3 is 0 Å². The minimum Gasteiger partial charge on any atom is -0.379 e. The SMILES string of the molecule is C=C(/N=C\NC)NS(=O)(=O)C1CC1. The van der Waals surface area contributed by atoms with E-state index in [1.807, 2.05) is 0 Å². The normalized spacial score (nSPS) is 17.3. The summed E-state index contributed by atoms with van der Waals surface area (Å²) in [5, 5.41) is 2.40. The Morgan fingerprint density at radius 3 is 2.69 bits per heavy atom. The number of nitrogens with zero attached hydrogens (tertiary/aromatic N) is 1. The molecule has 1 rings (SSSR count). The lowest BCUT2D eigenvalue weighted by Gasteiger charge is -2.04. The zero-order valence-electron chi connectivity index (χ0n) is 7.45. The smallest absolute Gasteiger partial charge is 0.236 e. The molecular weight excluding hydrogens is 190 g/mol. The average molecular weight is 203 g/mol. The Hall–Kier alpha value is -1.04. The molecule has 1 saturated carbocycles. The van der Waals surface area contributed by atoms with Gasteiger partial charge in [0.15, 0.2) is 0 Å². The zero-order chi connectivity index (χ0) is 9.90. The summed E-state index contributed by atoms with van der Waals surface area (Å²) in [6, 6.07) is 0. The molecule has 0 amide bonds. The molecule has 74 valence electrons. The monoisotopic (exact) mass is 203 g/mol. The molecule has 13 heavy (non-hydrogen) atoms. The van der Waals surface area contributed by atoms with E-state index in [-0.39, 0.29) is 11.1 Å². The van der Waals surface area contributed by atoms with Crippen LogP contribution in [0.3, 0.4) is 0 Å². The van der Waals surface area contributed by atoms with Crippen molar-refractivity contribution >= 4 is 16.4 Å². The third-order valence-corrected chi connectivity index (χ3v) is 3.44. The summed E-state index contributed by atoms with van der Waals surface area (Å²) in [7, 11) is -1.54. The van der Waals surface area contributed by atoms with E-state index < -0.39 is 10.0 Å². The molecule has 5 nitrogen and oxygen atoms in total. The van der Waals surface area contributed by atoms with E-state index in [1.165, 1.54) is 6.34 Å². The largest absolute Gasteiger partial charge is 0.379 e. The van der Waals surface area contributed by atoms with Gasteiger partial charge in [0.1, 0.15) is 5.82 Å². The lowest BCUT2D eigenvalue weighted by Crippen LogP contribution is -2.25. The maximum atomic E-state index is 11.3. The molecule has 0 atom stereocenters. The van der Waals surface area contributed by atoms with Crippen molar-refractivity contribution in [1.29, 1.82) is 0 Å². The van der Waals surface area contributed by atoms with Gasteiger partial charge in [-0.3, -0.25) is 4.72 Å². The van der Waals surface area contributed by atoms with Crippen molar-refractivity contribution in [2.24, 2.45) is 4.99 Å². The first-order valence-electron chi connectivity index (χ1n) is 3.96. The fourth-order valence-corrected chi connectivity index (χ4v) is 2.10. The molecule has 0 aromatic heterocycles. The van der Waals surface area contributed by atoms with Gasteiger partial charge in [0.05, 0.1) is 11.6 Å². The van der Waals surface area contributed by atoms with Gasteiger partial charge in [0.25, 0.3) is 0 Å². The highest BCUT2D eigenvalue weighted by atomic mass is 32.2. The van der Waals surface area contributed by atoms with E-state index in [1.54, 1.807) is 7.05 Å². The van der Waals surface area contributed by atoms with Gasteiger partial charge in [-0.1, -0.05) is 6.58 Å². The van der Waals surface area contributed by atoms with Gasteiger partial charge in [-0.05, 0) is 12.8 Å². The highest BCUT2D eigenvalue weighted by Gasteiger charge is 2.35. The first kappa shape index (κ1) is 10.0.